The van der Waals surface area contributed by atoms with Crippen LogP contribution in [0.4, 0.5) is 4.39 Å². The van der Waals surface area contributed by atoms with E-state index in [1.54, 1.807) is 17.9 Å². The Morgan fingerprint density at radius 1 is 1.52 bits per heavy atom. The minimum atomic E-state index is -0.540. The molecule has 2 unspecified atom stereocenters. The molecule has 134 valence electrons. The highest BCUT2D eigenvalue weighted by molar-refractivity contribution is 6.33. The lowest BCUT2D eigenvalue weighted by Gasteiger charge is -2.34. The minimum Gasteiger partial charge on any atom is -0.360 e. The Kier molecular flexibility index (Phi) is 5.11. The van der Waals surface area contributed by atoms with E-state index in [1.807, 2.05) is 6.92 Å². The van der Waals surface area contributed by atoms with Crippen LogP contribution < -0.4 is 5.73 Å². The summed E-state index contributed by atoms with van der Waals surface area (Å²) in [5, 5.41) is 4.10. The highest BCUT2D eigenvalue weighted by Gasteiger charge is 2.32. The molecule has 1 aromatic heterocycles. The molecule has 2 atom stereocenters. The first-order valence-corrected chi connectivity index (χ1v) is 8.73. The molecule has 1 aliphatic rings. The Balaban J connectivity index is 1.98. The van der Waals surface area contributed by atoms with Crippen molar-refractivity contribution in [2.24, 2.45) is 11.7 Å². The zero-order valence-electron chi connectivity index (χ0n) is 14.3. The normalized spacial score (nSPS) is 19.1. The van der Waals surface area contributed by atoms with E-state index in [9.17, 15) is 9.18 Å². The van der Waals surface area contributed by atoms with Gasteiger partial charge in [-0.2, -0.15) is 0 Å². The van der Waals surface area contributed by atoms with Crippen molar-refractivity contribution in [1.82, 2.24) is 10.1 Å². The van der Waals surface area contributed by atoms with Gasteiger partial charge in [-0.05, 0) is 44.7 Å². The summed E-state index contributed by atoms with van der Waals surface area (Å²) >= 11 is 6.14. The summed E-state index contributed by atoms with van der Waals surface area (Å²) in [5.74, 6) is -0.166. The van der Waals surface area contributed by atoms with Gasteiger partial charge in [-0.1, -0.05) is 22.8 Å². The smallest absolute Gasteiger partial charge is 0.259 e. The second-order valence-electron chi connectivity index (χ2n) is 6.57. The van der Waals surface area contributed by atoms with Crippen LogP contribution in [0.1, 0.15) is 35.9 Å². The SMILES string of the molecule is Cc1onc(-c2c(F)cccc2Cl)c1C(=O)N1CCCC(C(C)N)C1. The van der Waals surface area contributed by atoms with E-state index < -0.39 is 5.82 Å². The molecule has 1 saturated heterocycles. The number of rotatable bonds is 3. The van der Waals surface area contributed by atoms with E-state index in [0.29, 0.717) is 18.8 Å². The molecule has 0 spiro atoms. The quantitative estimate of drug-likeness (QED) is 0.901. The van der Waals surface area contributed by atoms with E-state index >= 15 is 0 Å². The van der Waals surface area contributed by atoms with E-state index in [2.05, 4.69) is 5.16 Å². The van der Waals surface area contributed by atoms with E-state index in [1.165, 1.54) is 12.1 Å². The number of nitrogens with two attached hydrogens (primary N) is 1. The number of carbonyl (C=O) groups is 1. The molecule has 5 nitrogen and oxygen atoms in total. The molecule has 0 aliphatic carbocycles. The third-order valence-electron chi connectivity index (χ3n) is 4.76. The molecule has 0 bridgehead atoms. The number of carbonyl (C=O) groups excluding carboxylic acids is 1. The van der Waals surface area contributed by atoms with Crippen LogP contribution in [-0.2, 0) is 0 Å². The Morgan fingerprint density at radius 2 is 2.28 bits per heavy atom. The maximum Gasteiger partial charge on any atom is 0.259 e. The Bertz CT molecular complexity index is 770. The number of likely N-dealkylation sites (tertiary alicyclic amines) is 1. The van der Waals surface area contributed by atoms with Crippen molar-refractivity contribution in [2.75, 3.05) is 13.1 Å². The van der Waals surface area contributed by atoms with E-state index in [0.717, 1.165) is 12.8 Å². The van der Waals surface area contributed by atoms with Gasteiger partial charge in [-0.25, -0.2) is 4.39 Å². The summed E-state index contributed by atoms with van der Waals surface area (Å²) in [6.07, 6.45) is 1.88. The van der Waals surface area contributed by atoms with Crippen LogP contribution in [0.25, 0.3) is 11.3 Å². The van der Waals surface area contributed by atoms with Crippen molar-refractivity contribution < 1.29 is 13.7 Å². The fraction of sp³-hybridized carbons (Fsp3) is 0.444. The molecular weight excluding hydrogens is 345 g/mol. The summed E-state index contributed by atoms with van der Waals surface area (Å²) in [5.41, 5.74) is 6.50. The van der Waals surface area contributed by atoms with Gasteiger partial charge in [0, 0.05) is 19.1 Å². The lowest BCUT2D eigenvalue weighted by Crippen LogP contribution is -2.45. The number of hydrogen-bond donors (Lipinski definition) is 1. The highest BCUT2D eigenvalue weighted by Crippen LogP contribution is 2.34. The third kappa shape index (κ3) is 3.41. The predicted octanol–water partition coefficient (Wildman–Crippen LogP) is 3.64. The molecule has 2 aromatic rings. The van der Waals surface area contributed by atoms with Crippen molar-refractivity contribution in [3.63, 3.8) is 0 Å². The van der Waals surface area contributed by atoms with Gasteiger partial charge in [0.2, 0.25) is 0 Å². The molecule has 0 radical (unpaired) electrons. The van der Waals surface area contributed by atoms with Crippen molar-refractivity contribution >= 4 is 17.5 Å². The Hall–Kier alpha value is -1.92. The molecule has 1 amide bonds. The van der Waals surface area contributed by atoms with Crippen LogP contribution in [0.2, 0.25) is 5.02 Å². The largest absolute Gasteiger partial charge is 0.360 e. The van der Waals surface area contributed by atoms with Crippen LogP contribution >= 0.6 is 11.6 Å². The molecule has 0 saturated carbocycles. The number of nitrogens with zero attached hydrogens (tertiary/aromatic N) is 2. The fourth-order valence-electron chi connectivity index (χ4n) is 3.30. The van der Waals surface area contributed by atoms with Gasteiger partial charge in [-0.3, -0.25) is 4.79 Å². The molecule has 1 aromatic carbocycles. The second kappa shape index (κ2) is 7.14. The minimum absolute atomic E-state index is 0.0136. The topological polar surface area (TPSA) is 72.4 Å². The monoisotopic (exact) mass is 365 g/mol. The standard InChI is InChI=1S/C18H21ClFN3O2/c1-10(21)12-5-4-8-23(9-12)18(24)15-11(2)25-22-17(15)16-13(19)6-3-7-14(16)20/h3,6-7,10,12H,4-5,8-9,21H2,1-2H3. The van der Waals surface area contributed by atoms with Gasteiger partial charge in [0.25, 0.3) is 5.91 Å². The lowest BCUT2D eigenvalue weighted by atomic mass is 9.91. The first-order chi connectivity index (χ1) is 11.9. The van der Waals surface area contributed by atoms with Gasteiger partial charge in [0.15, 0.2) is 0 Å². The molecule has 2 N–H and O–H groups in total. The molecule has 2 heterocycles. The van der Waals surface area contributed by atoms with Crippen molar-refractivity contribution in [1.29, 1.82) is 0 Å². The molecule has 1 aliphatic heterocycles. The van der Waals surface area contributed by atoms with Crippen LogP contribution in [0, 0.1) is 18.7 Å². The van der Waals surface area contributed by atoms with Crippen LogP contribution in [0.5, 0.6) is 0 Å². The number of amides is 1. The van der Waals surface area contributed by atoms with Gasteiger partial charge in [0.1, 0.15) is 22.8 Å². The molecule has 1 fully saturated rings. The van der Waals surface area contributed by atoms with Gasteiger partial charge in [-0.15, -0.1) is 0 Å². The predicted molar refractivity (Wildman–Crippen MR) is 93.9 cm³/mol. The van der Waals surface area contributed by atoms with Gasteiger partial charge >= 0.3 is 0 Å². The zero-order valence-corrected chi connectivity index (χ0v) is 15.0. The maximum atomic E-state index is 14.3. The van der Waals surface area contributed by atoms with Crippen molar-refractivity contribution in [2.45, 2.75) is 32.7 Å². The second-order valence-corrected chi connectivity index (χ2v) is 6.98. The van der Waals surface area contributed by atoms with Crippen molar-refractivity contribution in [3.8, 4) is 11.3 Å². The number of benzene rings is 1. The van der Waals surface area contributed by atoms with E-state index in [4.69, 9.17) is 21.9 Å². The van der Waals surface area contributed by atoms with Gasteiger partial charge < -0.3 is 15.2 Å². The summed E-state index contributed by atoms with van der Waals surface area (Å²) < 4.78 is 19.5. The molecule has 3 rings (SSSR count). The average molecular weight is 366 g/mol. The maximum absolute atomic E-state index is 14.3. The fourth-order valence-corrected chi connectivity index (χ4v) is 3.55. The molecule has 25 heavy (non-hydrogen) atoms. The summed E-state index contributed by atoms with van der Waals surface area (Å²) in [7, 11) is 0. The zero-order chi connectivity index (χ0) is 18.1. The van der Waals surface area contributed by atoms with Crippen LogP contribution in [0.3, 0.4) is 0 Å². The number of halogens is 2. The summed E-state index contributed by atoms with van der Waals surface area (Å²) in [6.45, 7) is 4.81. The first kappa shape index (κ1) is 17.9. The number of hydrogen-bond acceptors (Lipinski definition) is 4. The first-order valence-electron chi connectivity index (χ1n) is 8.35. The summed E-state index contributed by atoms with van der Waals surface area (Å²) in [4.78, 5) is 14.8. The highest BCUT2D eigenvalue weighted by atomic mass is 35.5. The summed E-state index contributed by atoms with van der Waals surface area (Å²) in [6, 6.07) is 4.37. The lowest BCUT2D eigenvalue weighted by molar-refractivity contribution is 0.0660. The van der Waals surface area contributed by atoms with Crippen LogP contribution in [0.15, 0.2) is 22.7 Å². The Morgan fingerprint density at radius 3 is 2.96 bits per heavy atom. The number of aromatic nitrogens is 1. The number of piperidine rings is 1. The van der Waals surface area contributed by atoms with Crippen LogP contribution in [-0.4, -0.2) is 35.1 Å². The van der Waals surface area contributed by atoms with Gasteiger partial charge in [0.05, 0.1) is 10.6 Å². The average Bonchev–Trinajstić information content (AvgIpc) is 2.95. The van der Waals surface area contributed by atoms with E-state index in [-0.39, 0.29) is 39.7 Å². The molecule has 7 heteroatoms. The number of aryl methyl sites for hydroxylation is 1. The van der Waals surface area contributed by atoms with Crippen molar-refractivity contribution in [3.05, 3.63) is 40.4 Å². The Labute approximate surface area is 150 Å². The third-order valence-corrected chi connectivity index (χ3v) is 5.08. The molecular formula is C18H21ClFN3O2.